The average Bonchev–Trinajstić information content (AvgIpc) is 2.75. The van der Waals surface area contributed by atoms with Gasteiger partial charge in [0.2, 0.25) is 0 Å². The van der Waals surface area contributed by atoms with Crippen LogP contribution in [0.2, 0.25) is 5.02 Å². The van der Waals surface area contributed by atoms with Gasteiger partial charge in [0.1, 0.15) is 0 Å². The fourth-order valence-electron chi connectivity index (χ4n) is 3.24. The highest BCUT2D eigenvalue weighted by Crippen LogP contribution is 2.25. The lowest BCUT2D eigenvalue weighted by atomic mass is 10.1. The van der Waals surface area contributed by atoms with E-state index in [9.17, 15) is 0 Å². The minimum absolute atomic E-state index is 0.574. The molecule has 0 bridgehead atoms. The number of halogens is 1. The summed E-state index contributed by atoms with van der Waals surface area (Å²) in [5.41, 5.74) is 2.87. The first kappa shape index (κ1) is 15.8. The Labute approximate surface area is 128 Å². The first-order valence-corrected chi connectivity index (χ1v) is 8.11. The van der Waals surface area contributed by atoms with Crippen molar-refractivity contribution in [1.82, 2.24) is 10.2 Å². The summed E-state index contributed by atoms with van der Waals surface area (Å²) in [5, 5.41) is 4.56. The number of fused-ring (bicyclic) bond motifs is 1. The monoisotopic (exact) mass is 294 g/mol. The van der Waals surface area contributed by atoms with Crippen molar-refractivity contribution in [3.63, 3.8) is 0 Å². The van der Waals surface area contributed by atoms with E-state index < -0.39 is 0 Å². The Morgan fingerprint density at radius 2 is 1.80 bits per heavy atom. The van der Waals surface area contributed by atoms with Gasteiger partial charge in [-0.25, -0.2) is 0 Å². The van der Waals surface area contributed by atoms with Crippen molar-refractivity contribution >= 4 is 11.6 Å². The molecule has 0 spiro atoms. The van der Waals surface area contributed by atoms with E-state index >= 15 is 0 Å². The molecule has 0 fully saturated rings. The number of nitrogens with one attached hydrogen (secondary N) is 1. The summed E-state index contributed by atoms with van der Waals surface area (Å²) in [6, 6.07) is 8.08. The topological polar surface area (TPSA) is 15.3 Å². The Bertz CT molecular complexity index is 435. The van der Waals surface area contributed by atoms with Gasteiger partial charge in [-0.3, -0.25) is 4.90 Å². The Morgan fingerprint density at radius 1 is 1.15 bits per heavy atom. The van der Waals surface area contributed by atoms with Crippen LogP contribution in [-0.2, 0) is 12.8 Å². The van der Waals surface area contributed by atoms with Crippen LogP contribution >= 0.6 is 11.6 Å². The van der Waals surface area contributed by atoms with E-state index in [1.165, 1.54) is 11.1 Å². The predicted molar refractivity (Wildman–Crippen MR) is 87.6 cm³/mol. The van der Waals surface area contributed by atoms with E-state index in [4.69, 9.17) is 11.6 Å². The second-order valence-electron chi connectivity index (χ2n) is 6.40. The third kappa shape index (κ3) is 3.97. The van der Waals surface area contributed by atoms with E-state index in [1.54, 1.807) is 0 Å². The molecule has 1 aromatic carbocycles. The van der Waals surface area contributed by atoms with Crippen LogP contribution in [0.1, 0.15) is 38.8 Å². The van der Waals surface area contributed by atoms with Crippen molar-refractivity contribution in [1.29, 1.82) is 0 Å². The van der Waals surface area contributed by atoms with Gasteiger partial charge in [-0.05, 0) is 63.8 Å². The second-order valence-corrected chi connectivity index (χ2v) is 6.83. The molecule has 3 heteroatoms. The molecule has 1 atom stereocenters. The zero-order valence-corrected chi connectivity index (χ0v) is 13.9. The van der Waals surface area contributed by atoms with Crippen LogP contribution in [-0.4, -0.2) is 36.1 Å². The van der Waals surface area contributed by atoms with Gasteiger partial charge in [0.25, 0.3) is 0 Å². The van der Waals surface area contributed by atoms with Crippen LogP contribution < -0.4 is 5.32 Å². The lowest BCUT2D eigenvalue weighted by Gasteiger charge is -2.31. The summed E-state index contributed by atoms with van der Waals surface area (Å²) in [7, 11) is 0. The third-order valence-corrected chi connectivity index (χ3v) is 4.47. The Balaban J connectivity index is 1.80. The molecule has 0 saturated heterocycles. The van der Waals surface area contributed by atoms with Crippen LogP contribution in [0.5, 0.6) is 0 Å². The van der Waals surface area contributed by atoms with Gasteiger partial charge in [-0.15, -0.1) is 0 Å². The Kier molecular flexibility index (Phi) is 5.48. The highest BCUT2D eigenvalue weighted by atomic mass is 35.5. The Hall–Kier alpha value is -0.570. The molecular weight excluding hydrogens is 268 g/mol. The molecule has 1 aliphatic carbocycles. The Morgan fingerprint density at radius 3 is 2.45 bits per heavy atom. The lowest BCUT2D eigenvalue weighted by Crippen LogP contribution is -2.43. The van der Waals surface area contributed by atoms with Gasteiger partial charge >= 0.3 is 0 Å². The lowest BCUT2D eigenvalue weighted by molar-refractivity contribution is 0.174. The molecule has 1 aliphatic rings. The molecule has 20 heavy (non-hydrogen) atoms. The first-order valence-electron chi connectivity index (χ1n) is 7.73. The summed E-state index contributed by atoms with van der Waals surface area (Å²) >= 11 is 6.06. The van der Waals surface area contributed by atoms with Gasteiger partial charge in [-0.1, -0.05) is 17.7 Å². The highest BCUT2D eigenvalue weighted by Gasteiger charge is 2.21. The smallest absolute Gasteiger partial charge is 0.0408 e. The SMILES string of the molecule is CC(C)N(CCNC1Cc2ccc(Cl)cc2C1)C(C)C. The average molecular weight is 295 g/mol. The first-order chi connectivity index (χ1) is 9.47. The number of hydrogen-bond acceptors (Lipinski definition) is 2. The van der Waals surface area contributed by atoms with Gasteiger partial charge in [0.05, 0.1) is 0 Å². The third-order valence-electron chi connectivity index (χ3n) is 4.23. The number of rotatable bonds is 6. The summed E-state index contributed by atoms with van der Waals surface area (Å²) in [6.45, 7) is 11.3. The molecular formula is C17H27ClN2. The largest absolute Gasteiger partial charge is 0.312 e. The molecule has 112 valence electrons. The molecule has 1 aromatic rings. The molecule has 2 nitrogen and oxygen atoms in total. The minimum Gasteiger partial charge on any atom is -0.312 e. The van der Waals surface area contributed by atoms with E-state index in [1.807, 2.05) is 6.07 Å². The van der Waals surface area contributed by atoms with Crippen LogP contribution in [0.3, 0.4) is 0 Å². The zero-order valence-electron chi connectivity index (χ0n) is 13.1. The molecule has 1 N–H and O–H groups in total. The number of hydrogen-bond donors (Lipinski definition) is 1. The summed E-state index contributed by atoms with van der Waals surface area (Å²) in [6.07, 6.45) is 2.25. The molecule has 0 heterocycles. The molecule has 0 aliphatic heterocycles. The number of benzene rings is 1. The minimum atomic E-state index is 0.574. The second kappa shape index (κ2) is 6.93. The normalized spacial score (nSPS) is 18.3. The van der Waals surface area contributed by atoms with Crippen LogP contribution in [0, 0.1) is 0 Å². The molecule has 1 unspecified atom stereocenters. The molecule has 0 aromatic heterocycles. The van der Waals surface area contributed by atoms with E-state index in [0.29, 0.717) is 18.1 Å². The molecule has 2 rings (SSSR count). The van der Waals surface area contributed by atoms with Gasteiger partial charge < -0.3 is 5.32 Å². The van der Waals surface area contributed by atoms with Crippen LogP contribution in [0.15, 0.2) is 18.2 Å². The predicted octanol–water partition coefficient (Wildman–Crippen LogP) is 3.52. The molecule has 0 amide bonds. The maximum atomic E-state index is 6.06. The van der Waals surface area contributed by atoms with Crippen LogP contribution in [0.25, 0.3) is 0 Å². The van der Waals surface area contributed by atoms with E-state index in [0.717, 1.165) is 31.0 Å². The van der Waals surface area contributed by atoms with Crippen molar-refractivity contribution in [2.75, 3.05) is 13.1 Å². The zero-order chi connectivity index (χ0) is 14.7. The maximum Gasteiger partial charge on any atom is 0.0408 e. The fourth-order valence-corrected chi connectivity index (χ4v) is 3.44. The van der Waals surface area contributed by atoms with Crippen LogP contribution in [0.4, 0.5) is 0 Å². The van der Waals surface area contributed by atoms with Gasteiger partial charge in [0, 0.05) is 36.2 Å². The van der Waals surface area contributed by atoms with Crippen molar-refractivity contribution in [3.8, 4) is 0 Å². The molecule has 0 saturated carbocycles. The maximum absolute atomic E-state index is 6.06. The quantitative estimate of drug-likeness (QED) is 0.864. The fraction of sp³-hybridized carbons (Fsp3) is 0.647. The summed E-state index contributed by atoms with van der Waals surface area (Å²) in [4.78, 5) is 2.53. The van der Waals surface area contributed by atoms with Crippen molar-refractivity contribution in [2.24, 2.45) is 0 Å². The van der Waals surface area contributed by atoms with Crippen molar-refractivity contribution in [3.05, 3.63) is 34.3 Å². The van der Waals surface area contributed by atoms with E-state index in [2.05, 4.69) is 50.0 Å². The van der Waals surface area contributed by atoms with Gasteiger partial charge in [-0.2, -0.15) is 0 Å². The van der Waals surface area contributed by atoms with Crippen molar-refractivity contribution in [2.45, 2.75) is 58.7 Å². The molecule has 0 radical (unpaired) electrons. The van der Waals surface area contributed by atoms with Gasteiger partial charge in [0.15, 0.2) is 0 Å². The summed E-state index contributed by atoms with van der Waals surface area (Å²) in [5.74, 6) is 0. The van der Waals surface area contributed by atoms with E-state index in [-0.39, 0.29) is 0 Å². The highest BCUT2D eigenvalue weighted by molar-refractivity contribution is 6.30. The summed E-state index contributed by atoms with van der Waals surface area (Å²) < 4.78 is 0. The number of nitrogens with zero attached hydrogens (tertiary/aromatic N) is 1. The standard InChI is InChI=1S/C17H27ClN2/c1-12(2)20(13(3)4)8-7-19-17-10-14-5-6-16(18)9-15(14)11-17/h5-6,9,12-13,17,19H,7-8,10-11H2,1-4H3. The van der Waals surface area contributed by atoms with Crippen molar-refractivity contribution < 1.29 is 0 Å².